The largest absolute Gasteiger partial charge is 0.497 e. The van der Waals surface area contributed by atoms with Gasteiger partial charge < -0.3 is 14.8 Å². The Morgan fingerprint density at radius 2 is 1.88 bits per heavy atom. The molecule has 2 aromatic carbocycles. The summed E-state index contributed by atoms with van der Waals surface area (Å²) in [6.45, 7) is 0.549. The number of ether oxygens (including phenoxy) is 2. The second-order valence-corrected chi connectivity index (χ2v) is 6.11. The molecule has 1 amide bonds. The van der Waals surface area contributed by atoms with E-state index in [9.17, 15) is 4.79 Å². The van der Waals surface area contributed by atoms with Gasteiger partial charge in [0.1, 0.15) is 18.1 Å². The molecule has 3 aromatic rings. The molecule has 122 valence electrons. The summed E-state index contributed by atoms with van der Waals surface area (Å²) in [5.74, 6) is 1.24. The average molecular weight is 339 g/mol. The van der Waals surface area contributed by atoms with Gasteiger partial charge in [0.05, 0.1) is 7.11 Å². The summed E-state index contributed by atoms with van der Waals surface area (Å²) in [5, 5.41) is 4.88. The van der Waals surface area contributed by atoms with Crippen LogP contribution in [0.15, 0.2) is 66.0 Å². The zero-order valence-electron chi connectivity index (χ0n) is 13.2. The highest BCUT2D eigenvalue weighted by molar-refractivity contribution is 7.09. The van der Waals surface area contributed by atoms with Crippen LogP contribution in [0, 0.1) is 0 Å². The van der Waals surface area contributed by atoms with Crippen molar-refractivity contribution >= 4 is 22.9 Å². The summed E-state index contributed by atoms with van der Waals surface area (Å²) in [6.07, 6.45) is 0. The zero-order chi connectivity index (χ0) is 16.8. The molecule has 0 aliphatic carbocycles. The molecule has 1 aromatic heterocycles. The molecule has 24 heavy (non-hydrogen) atoms. The summed E-state index contributed by atoms with van der Waals surface area (Å²) in [6, 6.07) is 18.4. The predicted octanol–water partition coefficient (Wildman–Crippen LogP) is 4.59. The molecule has 0 aliphatic rings. The van der Waals surface area contributed by atoms with Gasteiger partial charge in [-0.15, -0.1) is 11.3 Å². The maximum Gasteiger partial charge on any atom is 0.255 e. The maximum atomic E-state index is 12.3. The average Bonchev–Trinajstić information content (AvgIpc) is 3.15. The Bertz CT molecular complexity index is 798. The Balaban J connectivity index is 1.60. The zero-order valence-corrected chi connectivity index (χ0v) is 14.0. The third kappa shape index (κ3) is 4.14. The van der Waals surface area contributed by atoms with Gasteiger partial charge in [-0.25, -0.2) is 0 Å². The molecule has 0 spiro atoms. The van der Waals surface area contributed by atoms with E-state index >= 15 is 0 Å². The van der Waals surface area contributed by atoms with Gasteiger partial charge in [-0.05, 0) is 53.9 Å². The first-order chi connectivity index (χ1) is 11.7. The molecular weight excluding hydrogens is 322 g/mol. The minimum atomic E-state index is -0.179. The summed E-state index contributed by atoms with van der Waals surface area (Å²) in [5.41, 5.74) is 1.26. The minimum Gasteiger partial charge on any atom is -0.497 e. The number of carbonyl (C=O) groups is 1. The number of hydrogen-bond donors (Lipinski definition) is 1. The fourth-order valence-electron chi connectivity index (χ4n) is 2.15. The third-order valence-corrected chi connectivity index (χ3v) is 4.26. The lowest BCUT2D eigenvalue weighted by molar-refractivity contribution is 0.102. The van der Waals surface area contributed by atoms with Crippen LogP contribution in [0.4, 0.5) is 5.69 Å². The Morgan fingerprint density at radius 1 is 1.04 bits per heavy atom. The van der Waals surface area contributed by atoms with Crippen molar-refractivity contribution in [3.05, 3.63) is 76.5 Å². The fourth-order valence-corrected chi connectivity index (χ4v) is 2.77. The number of benzene rings is 2. The van der Waals surface area contributed by atoms with Crippen molar-refractivity contribution in [3.8, 4) is 11.5 Å². The van der Waals surface area contributed by atoms with Crippen LogP contribution in [-0.2, 0) is 6.61 Å². The maximum absolute atomic E-state index is 12.3. The number of nitrogens with one attached hydrogen (secondary N) is 1. The first-order valence-corrected chi connectivity index (χ1v) is 8.33. The summed E-state index contributed by atoms with van der Waals surface area (Å²) >= 11 is 1.66. The Kier molecular flexibility index (Phi) is 5.13. The van der Waals surface area contributed by atoms with Gasteiger partial charge >= 0.3 is 0 Å². The van der Waals surface area contributed by atoms with Crippen LogP contribution in [0.1, 0.15) is 15.2 Å². The predicted molar refractivity (Wildman–Crippen MR) is 96.0 cm³/mol. The number of anilines is 1. The number of carbonyl (C=O) groups excluding carboxylic acids is 1. The molecule has 0 atom stereocenters. The summed E-state index contributed by atoms with van der Waals surface area (Å²) in [7, 11) is 1.58. The molecular formula is C19H17NO3S. The summed E-state index contributed by atoms with van der Waals surface area (Å²) < 4.78 is 10.8. The Morgan fingerprint density at radius 3 is 2.58 bits per heavy atom. The van der Waals surface area contributed by atoms with E-state index in [1.54, 1.807) is 42.7 Å². The first-order valence-electron chi connectivity index (χ1n) is 7.45. The molecule has 4 nitrogen and oxygen atoms in total. The van der Waals surface area contributed by atoms with Crippen LogP contribution in [0.3, 0.4) is 0 Å². The van der Waals surface area contributed by atoms with Gasteiger partial charge in [-0.1, -0.05) is 12.1 Å². The standard InChI is InChI=1S/C19H17NO3S/c1-22-17-5-2-4-14(12-17)19(21)20-15-7-9-16(10-8-15)23-13-18-6-3-11-24-18/h2-12H,13H2,1H3,(H,20,21). The van der Waals surface area contributed by atoms with E-state index in [2.05, 4.69) is 5.32 Å². The van der Waals surface area contributed by atoms with Crippen LogP contribution >= 0.6 is 11.3 Å². The molecule has 0 saturated carbocycles. The molecule has 5 heteroatoms. The molecule has 1 heterocycles. The van der Waals surface area contributed by atoms with Crippen molar-refractivity contribution in [2.75, 3.05) is 12.4 Å². The number of amides is 1. The van der Waals surface area contributed by atoms with Crippen molar-refractivity contribution in [2.24, 2.45) is 0 Å². The highest BCUT2D eigenvalue weighted by Gasteiger charge is 2.07. The second kappa shape index (κ2) is 7.66. The van der Waals surface area contributed by atoms with E-state index in [-0.39, 0.29) is 5.91 Å². The van der Waals surface area contributed by atoms with E-state index in [1.807, 2.05) is 41.8 Å². The van der Waals surface area contributed by atoms with Gasteiger partial charge in [0.15, 0.2) is 0 Å². The number of hydrogen-bond acceptors (Lipinski definition) is 4. The lowest BCUT2D eigenvalue weighted by Crippen LogP contribution is -2.11. The van der Waals surface area contributed by atoms with Crippen LogP contribution in [0.25, 0.3) is 0 Å². The monoisotopic (exact) mass is 339 g/mol. The molecule has 0 bridgehead atoms. The second-order valence-electron chi connectivity index (χ2n) is 5.08. The van der Waals surface area contributed by atoms with E-state index in [1.165, 1.54) is 4.88 Å². The van der Waals surface area contributed by atoms with Gasteiger partial charge in [-0.3, -0.25) is 4.79 Å². The SMILES string of the molecule is COc1cccc(C(=O)Nc2ccc(OCc3cccs3)cc2)c1. The lowest BCUT2D eigenvalue weighted by Gasteiger charge is -2.08. The normalized spacial score (nSPS) is 10.2. The first kappa shape index (κ1) is 16.1. The van der Waals surface area contributed by atoms with Crippen LogP contribution < -0.4 is 14.8 Å². The molecule has 0 aliphatic heterocycles. The Hall–Kier alpha value is -2.79. The van der Waals surface area contributed by atoms with Crippen LogP contribution in [0.2, 0.25) is 0 Å². The number of methoxy groups -OCH3 is 1. The highest BCUT2D eigenvalue weighted by atomic mass is 32.1. The highest BCUT2D eigenvalue weighted by Crippen LogP contribution is 2.20. The molecule has 0 radical (unpaired) electrons. The minimum absolute atomic E-state index is 0.179. The van der Waals surface area contributed by atoms with E-state index in [0.29, 0.717) is 23.6 Å². The van der Waals surface area contributed by atoms with Crippen molar-refractivity contribution in [1.82, 2.24) is 0 Å². The van der Waals surface area contributed by atoms with Crippen molar-refractivity contribution in [3.63, 3.8) is 0 Å². The molecule has 0 saturated heterocycles. The van der Waals surface area contributed by atoms with Crippen molar-refractivity contribution in [2.45, 2.75) is 6.61 Å². The van der Waals surface area contributed by atoms with E-state index in [0.717, 1.165) is 5.75 Å². The van der Waals surface area contributed by atoms with Gasteiger partial charge in [0.25, 0.3) is 5.91 Å². The third-order valence-electron chi connectivity index (χ3n) is 3.41. The van der Waals surface area contributed by atoms with Crippen LogP contribution in [0.5, 0.6) is 11.5 Å². The number of thiophene rings is 1. The van der Waals surface area contributed by atoms with Crippen molar-refractivity contribution in [1.29, 1.82) is 0 Å². The summed E-state index contributed by atoms with van der Waals surface area (Å²) in [4.78, 5) is 13.4. The molecule has 3 rings (SSSR count). The van der Waals surface area contributed by atoms with Crippen LogP contribution in [-0.4, -0.2) is 13.0 Å². The van der Waals surface area contributed by atoms with Gasteiger partial charge in [-0.2, -0.15) is 0 Å². The lowest BCUT2D eigenvalue weighted by atomic mass is 10.2. The number of rotatable bonds is 6. The quantitative estimate of drug-likeness (QED) is 0.714. The van der Waals surface area contributed by atoms with Gasteiger partial charge in [0.2, 0.25) is 0 Å². The Labute approximate surface area is 144 Å². The molecule has 1 N–H and O–H groups in total. The van der Waals surface area contributed by atoms with E-state index < -0.39 is 0 Å². The molecule has 0 fully saturated rings. The molecule has 0 unspecified atom stereocenters. The van der Waals surface area contributed by atoms with Crippen molar-refractivity contribution < 1.29 is 14.3 Å². The fraction of sp³-hybridized carbons (Fsp3) is 0.105. The topological polar surface area (TPSA) is 47.6 Å². The smallest absolute Gasteiger partial charge is 0.255 e. The van der Waals surface area contributed by atoms with Gasteiger partial charge in [0, 0.05) is 16.1 Å². The van der Waals surface area contributed by atoms with E-state index in [4.69, 9.17) is 9.47 Å².